The molecular weight excluding hydrogens is 388 g/mol. The Kier molecular flexibility index (Phi) is 7.68. The van der Waals surface area contributed by atoms with Crippen LogP contribution < -0.4 is 0 Å². The third-order valence-corrected chi connectivity index (χ3v) is 6.60. The fraction of sp³-hybridized carbons (Fsp3) is 0.320. The summed E-state index contributed by atoms with van der Waals surface area (Å²) in [5, 5.41) is 0. The molecule has 0 saturated carbocycles. The van der Waals surface area contributed by atoms with Crippen LogP contribution in [0.15, 0.2) is 48.5 Å². The maximum absolute atomic E-state index is 12.1. The summed E-state index contributed by atoms with van der Waals surface area (Å²) in [6, 6.07) is 16.2. The van der Waals surface area contributed by atoms with Crippen molar-refractivity contribution in [3.8, 4) is 23.3 Å². The SMILES string of the molecule is C[Si](C)(C)C#Cc1ccc(C#Cc2ccc(C(=O)OCC[Si](C)(C)C)cc2)cc1. The van der Waals surface area contributed by atoms with Crippen molar-refractivity contribution in [3.05, 3.63) is 70.8 Å². The Morgan fingerprint density at radius 2 is 1.21 bits per heavy atom. The number of benzene rings is 2. The van der Waals surface area contributed by atoms with Gasteiger partial charge in [0.2, 0.25) is 0 Å². The smallest absolute Gasteiger partial charge is 0.338 e. The number of ether oxygens (including phenoxy) is 1. The Labute approximate surface area is 177 Å². The average molecular weight is 419 g/mol. The van der Waals surface area contributed by atoms with Crippen LogP contribution in [0, 0.1) is 23.3 Å². The summed E-state index contributed by atoms with van der Waals surface area (Å²) >= 11 is 0. The van der Waals surface area contributed by atoms with E-state index >= 15 is 0 Å². The maximum atomic E-state index is 12.1. The van der Waals surface area contributed by atoms with E-state index in [1.54, 1.807) is 12.1 Å². The van der Waals surface area contributed by atoms with E-state index in [-0.39, 0.29) is 5.97 Å². The highest BCUT2D eigenvalue weighted by Gasteiger charge is 2.14. The lowest BCUT2D eigenvalue weighted by molar-refractivity contribution is 0.0525. The van der Waals surface area contributed by atoms with Crippen LogP contribution in [0.25, 0.3) is 0 Å². The van der Waals surface area contributed by atoms with E-state index in [0.717, 1.165) is 22.7 Å². The first-order chi connectivity index (χ1) is 13.5. The third kappa shape index (κ3) is 9.00. The second-order valence-electron chi connectivity index (χ2n) is 9.35. The summed E-state index contributed by atoms with van der Waals surface area (Å²) < 4.78 is 5.38. The molecule has 0 unspecified atom stereocenters. The molecule has 0 spiro atoms. The fourth-order valence-corrected chi connectivity index (χ4v) is 3.50. The quantitative estimate of drug-likeness (QED) is 0.356. The number of hydrogen-bond acceptors (Lipinski definition) is 2. The molecule has 0 aromatic heterocycles. The molecule has 2 nitrogen and oxygen atoms in total. The van der Waals surface area contributed by atoms with Crippen molar-refractivity contribution in [1.29, 1.82) is 0 Å². The molecular formula is C25H30O2Si2. The maximum Gasteiger partial charge on any atom is 0.338 e. The molecule has 29 heavy (non-hydrogen) atoms. The van der Waals surface area contributed by atoms with Crippen LogP contribution in [0.3, 0.4) is 0 Å². The Balaban J connectivity index is 1.97. The molecule has 0 N–H and O–H groups in total. The Bertz CT molecular complexity index is 953. The Morgan fingerprint density at radius 3 is 1.66 bits per heavy atom. The molecule has 150 valence electrons. The first-order valence-corrected chi connectivity index (χ1v) is 17.2. The molecule has 0 atom stereocenters. The van der Waals surface area contributed by atoms with Gasteiger partial charge in [0.25, 0.3) is 0 Å². The topological polar surface area (TPSA) is 26.3 Å². The highest BCUT2D eigenvalue weighted by atomic mass is 28.3. The molecule has 4 heteroatoms. The van der Waals surface area contributed by atoms with Gasteiger partial charge in [0.1, 0.15) is 8.07 Å². The van der Waals surface area contributed by atoms with E-state index in [4.69, 9.17) is 4.74 Å². The summed E-state index contributed by atoms with van der Waals surface area (Å²) in [5.74, 6) is 9.28. The predicted octanol–water partition coefficient (Wildman–Crippen LogP) is 5.81. The fourth-order valence-electron chi connectivity index (χ4n) is 2.26. The standard InChI is InChI=1S/C25H30O2Si2/c1-28(2,3)19-17-23-11-9-21(10-12-23)7-8-22-13-15-24(16-14-22)25(26)27-18-20-29(4,5)6/h9-16H,18,20H2,1-6H3. The summed E-state index contributed by atoms with van der Waals surface area (Å²) in [5.41, 5.74) is 6.77. The van der Waals surface area contributed by atoms with Gasteiger partial charge < -0.3 is 4.74 Å². The number of rotatable bonds is 4. The van der Waals surface area contributed by atoms with E-state index in [9.17, 15) is 4.79 Å². The molecule has 0 saturated heterocycles. The molecule has 0 aliphatic heterocycles. The first-order valence-electron chi connectivity index (χ1n) is 9.94. The number of carbonyl (C=O) groups is 1. The van der Waals surface area contributed by atoms with E-state index in [1.807, 2.05) is 36.4 Å². The van der Waals surface area contributed by atoms with Crippen molar-refractivity contribution in [2.75, 3.05) is 6.61 Å². The van der Waals surface area contributed by atoms with Gasteiger partial charge in [-0.2, -0.15) is 0 Å². The van der Waals surface area contributed by atoms with Crippen molar-refractivity contribution in [2.24, 2.45) is 0 Å². The van der Waals surface area contributed by atoms with Crippen LogP contribution in [0.4, 0.5) is 0 Å². The van der Waals surface area contributed by atoms with E-state index < -0.39 is 16.1 Å². The van der Waals surface area contributed by atoms with Crippen LogP contribution in [-0.2, 0) is 4.74 Å². The van der Waals surface area contributed by atoms with Gasteiger partial charge in [0.15, 0.2) is 0 Å². The van der Waals surface area contributed by atoms with E-state index in [2.05, 4.69) is 62.6 Å². The van der Waals surface area contributed by atoms with E-state index in [1.165, 1.54) is 0 Å². The largest absolute Gasteiger partial charge is 0.462 e. The predicted molar refractivity (Wildman–Crippen MR) is 128 cm³/mol. The molecule has 0 aliphatic carbocycles. The molecule has 2 aromatic carbocycles. The molecule has 0 fully saturated rings. The van der Waals surface area contributed by atoms with Crippen LogP contribution in [0.1, 0.15) is 27.0 Å². The van der Waals surface area contributed by atoms with Crippen molar-refractivity contribution >= 4 is 22.1 Å². The normalized spacial score (nSPS) is 11.0. The summed E-state index contributed by atoms with van der Waals surface area (Å²) in [6.45, 7) is 14.0. The molecule has 2 aromatic rings. The van der Waals surface area contributed by atoms with Gasteiger partial charge in [-0.25, -0.2) is 4.79 Å². The van der Waals surface area contributed by atoms with Gasteiger partial charge in [0, 0.05) is 24.8 Å². The molecule has 0 amide bonds. The first kappa shape index (κ1) is 22.7. The van der Waals surface area contributed by atoms with Gasteiger partial charge in [-0.15, -0.1) is 5.54 Å². The van der Waals surface area contributed by atoms with Gasteiger partial charge in [-0.1, -0.05) is 57.0 Å². The van der Waals surface area contributed by atoms with Crippen LogP contribution >= 0.6 is 0 Å². The zero-order chi connectivity index (χ0) is 21.5. The zero-order valence-corrected chi connectivity index (χ0v) is 20.3. The van der Waals surface area contributed by atoms with Crippen molar-refractivity contribution in [1.82, 2.24) is 0 Å². The lowest BCUT2D eigenvalue weighted by atomic mass is 10.1. The Hall–Kier alpha value is -2.54. The van der Waals surface area contributed by atoms with Gasteiger partial charge in [0.05, 0.1) is 12.2 Å². The molecule has 2 rings (SSSR count). The monoisotopic (exact) mass is 418 g/mol. The van der Waals surface area contributed by atoms with Crippen LogP contribution in [0.2, 0.25) is 45.3 Å². The zero-order valence-electron chi connectivity index (χ0n) is 18.3. The third-order valence-electron chi connectivity index (χ3n) is 4.02. The second-order valence-corrected chi connectivity index (χ2v) is 19.7. The second kappa shape index (κ2) is 9.79. The lowest BCUT2D eigenvalue weighted by Gasteiger charge is -2.15. The van der Waals surface area contributed by atoms with Crippen molar-refractivity contribution < 1.29 is 9.53 Å². The molecule has 0 bridgehead atoms. The number of esters is 1. The molecule has 0 radical (unpaired) electrons. The van der Waals surface area contributed by atoms with Crippen LogP contribution in [0.5, 0.6) is 0 Å². The highest BCUT2D eigenvalue weighted by molar-refractivity contribution is 6.83. The summed E-state index contributed by atoms with van der Waals surface area (Å²) in [7, 11) is -2.56. The number of carbonyl (C=O) groups excluding carboxylic acids is 1. The van der Waals surface area contributed by atoms with Crippen molar-refractivity contribution in [2.45, 2.75) is 45.3 Å². The van der Waals surface area contributed by atoms with Gasteiger partial charge in [-0.3, -0.25) is 0 Å². The molecule has 0 heterocycles. The summed E-state index contributed by atoms with van der Waals surface area (Å²) in [6.07, 6.45) is 0. The molecule has 0 aliphatic rings. The minimum atomic E-state index is -1.36. The van der Waals surface area contributed by atoms with Crippen molar-refractivity contribution in [3.63, 3.8) is 0 Å². The van der Waals surface area contributed by atoms with Crippen LogP contribution in [-0.4, -0.2) is 28.7 Å². The van der Waals surface area contributed by atoms with E-state index in [0.29, 0.717) is 12.2 Å². The van der Waals surface area contributed by atoms with Gasteiger partial charge in [-0.05, 0) is 54.6 Å². The average Bonchev–Trinajstić information content (AvgIpc) is 2.64. The van der Waals surface area contributed by atoms with Gasteiger partial charge >= 0.3 is 5.97 Å². The number of hydrogen-bond donors (Lipinski definition) is 0. The Morgan fingerprint density at radius 1 is 0.759 bits per heavy atom. The minimum absolute atomic E-state index is 0.266. The summed E-state index contributed by atoms with van der Waals surface area (Å²) in [4.78, 5) is 12.1. The minimum Gasteiger partial charge on any atom is -0.462 e. The highest BCUT2D eigenvalue weighted by Crippen LogP contribution is 2.10. The lowest BCUT2D eigenvalue weighted by Crippen LogP contribution is -2.22.